The summed E-state index contributed by atoms with van der Waals surface area (Å²) in [5.41, 5.74) is -1.77. The van der Waals surface area contributed by atoms with Gasteiger partial charge in [0.2, 0.25) is 0 Å². The van der Waals surface area contributed by atoms with E-state index in [1.165, 1.54) is 13.5 Å². The molecule has 3 aromatic rings. The molecule has 4 rings (SSSR count). The molecule has 1 aliphatic rings. The van der Waals surface area contributed by atoms with Crippen molar-refractivity contribution in [3.05, 3.63) is 52.3 Å². The number of piperidine rings is 1. The molecule has 1 fully saturated rings. The number of pyridine rings is 1. The van der Waals surface area contributed by atoms with Gasteiger partial charge in [0.25, 0.3) is 0 Å². The maximum Gasteiger partial charge on any atom is 0.418 e. The van der Waals surface area contributed by atoms with Crippen molar-refractivity contribution in [3.8, 4) is 5.75 Å². The van der Waals surface area contributed by atoms with E-state index in [2.05, 4.69) is 30.8 Å². The van der Waals surface area contributed by atoms with E-state index in [4.69, 9.17) is 4.74 Å². The number of fused-ring (bicyclic) bond motifs is 1. The molecule has 2 N–H and O–H groups in total. The van der Waals surface area contributed by atoms with Crippen LogP contribution in [0.5, 0.6) is 5.75 Å². The Balaban J connectivity index is 1.74. The Morgan fingerprint density at radius 2 is 1.86 bits per heavy atom. The second-order valence-electron chi connectivity index (χ2n) is 9.68. The quantitative estimate of drug-likeness (QED) is 0.346. The summed E-state index contributed by atoms with van der Waals surface area (Å²) in [4.78, 5) is 9.78. The Labute approximate surface area is 211 Å². The van der Waals surface area contributed by atoms with Gasteiger partial charge in [-0.3, -0.25) is 0 Å². The maximum atomic E-state index is 14.6. The molecule has 0 spiro atoms. The van der Waals surface area contributed by atoms with E-state index in [0.29, 0.717) is 27.0 Å². The molecule has 0 aliphatic carbocycles. The number of nitrogens with one attached hydrogen (secondary N) is 1. The smallest absolute Gasteiger partial charge is 0.418 e. The zero-order valence-corrected chi connectivity index (χ0v) is 21.7. The Kier molecular flexibility index (Phi) is 7.38. The first kappa shape index (κ1) is 25.8. The predicted octanol–water partition coefficient (Wildman–Crippen LogP) is 6.60. The number of ether oxygens (including phenoxy) is 1. The number of H-pyrrole nitrogens is 1. The third kappa shape index (κ3) is 5.16. The summed E-state index contributed by atoms with van der Waals surface area (Å²) >= 11 is 3.35. The molecule has 1 aliphatic heterocycles. The van der Waals surface area contributed by atoms with Crippen LogP contribution < -0.4 is 9.64 Å². The van der Waals surface area contributed by atoms with Crippen molar-refractivity contribution < 1.29 is 23.0 Å². The van der Waals surface area contributed by atoms with Crippen LogP contribution >= 0.6 is 15.9 Å². The van der Waals surface area contributed by atoms with Crippen LogP contribution in [0, 0.1) is 5.92 Å². The molecule has 35 heavy (non-hydrogen) atoms. The van der Waals surface area contributed by atoms with Gasteiger partial charge in [-0.25, -0.2) is 4.98 Å². The second kappa shape index (κ2) is 10.0. The number of aromatic nitrogens is 2. The summed E-state index contributed by atoms with van der Waals surface area (Å²) in [7, 11) is 1.42. The van der Waals surface area contributed by atoms with Crippen LogP contribution in [0.25, 0.3) is 10.9 Å². The molecule has 1 aromatic carbocycles. The molecule has 0 bridgehead atoms. The molecule has 2 aromatic heterocycles. The number of hydrogen-bond acceptors (Lipinski definition) is 4. The fourth-order valence-electron chi connectivity index (χ4n) is 5.26. The molecule has 0 radical (unpaired) electrons. The number of hydrogen-bond donors (Lipinski definition) is 2. The average molecular weight is 554 g/mol. The van der Waals surface area contributed by atoms with Gasteiger partial charge >= 0.3 is 6.18 Å². The van der Waals surface area contributed by atoms with E-state index in [1.54, 1.807) is 44.3 Å². The van der Waals surface area contributed by atoms with Crippen LogP contribution in [0.2, 0.25) is 0 Å². The van der Waals surface area contributed by atoms with Gasteiger partial charge in [-0.1, -0.05) is 29.8 Å². The van der Waals surface area contributed by atoms with Gasteiger partial charge in [0.1, 0.15) is 11.6 Å². The van der Waals surface area contributed by atoms with Crippen molar-refractivity contribution in [2.75, 3.05) is 25.1 Å². The molecule has 3 heterocycles. The zero-order valence-electron chi connectivity index (χ0n) is 20.1. The molecule has 2 unspecified atom stereocenters. The van der Waals surface area contributed by atoms with Crippen LogP contribution in [-0.2, 0) is 6.42 Å². The standard InChI is InChI=1S/C26H31BrF3N3O2/c1-16(2)24(20-13-18(27)7-8-22(20)35-3)25(34,26(28,29)30)14-19-11-17-12-23(31-15-21(17)32-19)33-9-5-4-6-10-33/h7-8,11-13,15-16,24,32,34H,4-6,9-10,14H2,1-3H3. The maximum absolute atomic E-state index is 14.6. The minimum Gasteiger partial charge on any atom is -0.496 e. The number of rotatable bonds is 7. The summed E-state index contributed by atoms with van der Waals surface area (Å²) in [5.74, 6) is -0.653. The highest BCUT2D eigenvalue weighted by Gasteiger charge is 2.60. The van der Waals surface area contributed by atoms with Gasteiger partial charge in [-0.2, -0.15) is 13.2 Å². The van der Waals surface area contributed by atoms with Crippen LogP contribution in [-0.4, -0.2) is 47.1 Å². The molecule has 0 amide bonds. The topological polar surface area (TPSA) is 61.4 Å². The Morgan fingerprint density at radius 1 is 1.14 bits per heavy atom. The minimum atomic E-state index is -4.89. The first-order chi connectivity index (χ1) is 16.5. The lowest BCUT2D eigenvalue weighted by Gasteiger charge is -2.40. The van der Waals surface area contributed by atoms with Crippen LogP contribution in [0.3, 0.4) is 0 Å². The van der Waals surface area contributed by atoms with E-state index in [9.17, 15) is 18.3 Å². The lowest BCUT2D eigenvalue weighted by atomic mass is 9.72. The number of halogens is 4. The van der Waals surface area contributed by atoms with Crippen molar-refractivity contribution in [3.63, 3.8) is 0 Å². The van der Waals surface area contributed by atoms with E-state index in [1.807, 2.05) is 6.07 Å². The first-order valence-electron chi connectivity index (χ1n) is 11.9. The number of methoxy groups -OCH3 is 1. The predicted molar refractivity (Wildman–Crippen MR) is 135 cm³/mol. The minimum absolute atomic E-state index is 0.303. The van der Waals surface area contributed by atoms with Gasteiger partial charge in [0, 0.05) is 46.5 Å². The fourth-order valence-corrected chi connectivity index (χ4v) is 5.64. The van der Waals surface area contributed by atoms with Crippen molar-refractivity contribution in [2.45, 2.75) is 57.2 Å². The highest BCUT2D eigenvalue weighted by Crippen LogP contribution is 2.49. The van der Waals surface area contributed by atoms with E-state index in [-0.39, 0.29) is 0 Å². The Hall–Kier alpha value is -2.26. The highest BCUT2D eigenvalue weighted by molar-refractivity contribution is 9.10. The van der Waals surface area contributed by atoms with E-state index >= 15 is 0 Å². The number of nitrogens with zero attached hydrogens (tertiary/aromatic N) is 2. The number of anilines is 1. The van der Waals surface area contributed by atoms with Gasteiger partial charge in [0.15, 0.2) is 5.60 Å². The molecule has 1 saturated heterocycles. The third-order valence-corrected chi connectivity index (χ3v) is 7.38. The van der Waals surface area contributed by atoms with Crippen LogP contribution in [0.1, 0.15) is 50.3 Å². The van der Waals surface area contributed by atoms with Gasteiger partial charge < -0.3 is 19.7 Å². The van der Waals surface area contributed by atoms with Gasteiger partial charge in [0.05, 0.1) is 18.8 Å². The van der Waals surface area contributed by atoms with E-state index in [0.717, 1.165) is 37.1 Å². The van der Waals surface area contributed by atoms with Crippen molar-refractivity contribution >= 4 is 32.7 Å². The Morgan fingerprint density at radius 3 is 2.49 bits per heavy atom. The third-order valence-electron chi connectivity index (χ3n) is 6.89. The summed E-state index contributed by atoms with van der Waals surface area (Å²) in [5, 5.41) is 12.2. The molecule has 0 saturated carbocycles. The van der Waals surface area contributed by atoms with Crippen molar-refractivity contribution in [2.24, 2.45) is 5.92 Å². The number of alkyl halides is 3. The number of benzene rings is 1. The fraction of sp³-hybridized carbons (Fsp3) is 0.500. The molecular formula is C26H31BrF3N3O2. The SMILES string of the molecule is COc1ccc(Br)cc1C(C(C)C)C(O)(Cc1cc2cc(N3CCCCC3)ncc2[nH]1)C(F)(F)F. The highest BCUT2D eigenvalue weighted by atomic mass is 79.9. The average Bonchev–Trinajstić information content (AvgIpc) is 3.20. The number of aliphatic hydroxyl groups is 1. The summed E-state index contributed by atoms with van der Waals surface area (Å²) in [6, 6.07) is 8.51. The lowest BCUT2D eigenvalue weighted by molar-refractivity contribution is -0.272. The van der Waals surface area contributed by atoms with Crippen LogP contribution in [0.15, 0.2) is 41.0 Å². The summed E-state index contributed by atoms with van der Waals surface area (Å²) in [6.07, 6.45) is -0.444. The van der Waals surface area contributed by atoms with Crippen LogP contribution in [0.4, 0.5) is 19.0 Å². The first-order valence-corrected chi connectivity index (χ1v) is 12.7. The summed E-state index contributed by atoms with van der Waals surface area (Å²) in [6.45, 7) is 5.21. The number of aromatic amines is 1. The van der Waals surface area contributed by atoms with Crippen molar-refractivity contribution in [1.82, 2.24) is 9.97 Å². The van der Waals surface area contributed by atoms with Gasteiger partial charge in [-0.15, -0.1) is 0 Å². The monoisotopic (exact) mass is 553 g/mol. The normalized spacial score (nSPS) is 17.6. The second-order valence-corrected chi connectivity index (χ2v) is 10.6. The van der Waals surface area contributed by atoms with E-state index < -0.39 is 30.0 Å². The molecule has 2 atom stereocenters. The summed E-state index contributed by atoms with van der Waals surface area (Å²) < 4.78 is 50.0. The molecule has 190 valence electrons. The Bertz CT molecular complexity index is 1170. The van der Waals surface area contributed by atoms with Crippen molar-refractivity contribution in [1.29, 1.82) is 0 Å². The largest absolute Gasteiger partial charge is 0.496 e. The molecule has 9 heteroatoms. The van der Waals surface area contributed by atoms with Gasteiger partial charge in [-0.05, 0) is 55.5 Å². The zero-order chi connectivity index (χ0) is 25.4. The molecular weight excluding hydrogens is 523 g/mol. The molecule has 5 nitrogen and oxygen atoms in total. The lowest BCUT2D eigenvalue weighted by Crippen LogP contribution is -2.53.